The van der Waals surface area contributed by atoms with Crippen molar-refractivity contribution in [1.82, 2.24) is 14.9 Å². The Morgan fingerprint density at radius 2 is 1.81 bits per heavy atom. The zero-order valence-corrected chi connectivity index (χ0v) is 18.8. The van der Waals surface area contributed by atoms with Gasteiger partial charge in [-0.05, 0) is 39.2 Å². The lowest BCUT2D eigenvalue weighted by Crippen LogP contribution is -2.15. The van der Waals surface area contributed by atoms with Crippen LogP contribution in [0.1, 0.15) is 28.2 Å². The summed E-state index contributed by atoms with van der Waals surface area (Å²) in [6, 6.07) is 13.3. The molecule has 1 aromatic heterocycles. The third-order valence-electron chi connectivity index (χ3n) is 4.21. The second kappa shape index (κ2) is 11.7. The highest BCUT2D eigenvalue weighted by Crippen LogP contribution is 2.34. The summed E-state index contributed by atoms with van der Waals surface area (Å²) in [5.41, 5.74) is 3.87. The van der Waals surface area contributed by atoms with Gasteiger partial charge in [0.2, 0.25) is 0 Å². The van der Waals surface area contributed by atoms with Crippen LogP contribution in [0.3, 0.4) is 0 Å². The van der Waals surface area contributed by atoms with Gasteiger partial charge in [-0.1, -0.05) is 45.6 Å². The van der Waals surface area contributed by atoms with Gasteiger partial charge in [0.1, 0.15) is 17.9 Å². The first-order valence-electron chi connectivity index (χ1n) is 9.81. The Balaban J connectivity index is 0.000000245. The van der Waals surface area contributed by atoms with Gasteiger partial charge in [-0.15, -0.1) is 0 Å². The minimum Gasteiger partial charge on any atom is -0.369 e. The molecule has 0 spiro atoms. The lowest BCUT2D eigenvalue weighted by Gasteiger charge is -2.13. The minimum absolute atomic E-state index is 0.113. The Morgan fingerprint density at radius 1 is 1.13 bits per heavy atom. The van der Waals surface area contributed by atoms with Crippen molar-refractivity contribution >= 4 is 32.2 Å². The quantitative estimate of drug-likeness (QED) is 0.310. The van der Waals surface area contributed by atoms with E-state index in [1.54, 1.807) is 0 Å². The first-order chi connectivity index (χ1) is 14.7. The van der Waals surface area contributed by atoms with Gasteiger partial charge in [0.15, 0.2) is 0 Å². The first kappa shape index (κ1) is 24.7. The molecule has 0 aliphatic heterocycles. The Labute approximate surface area is 183 Å². The van der Waals surface area contributed by atoms with Crippen LogP contribution in [-0.4, -0.2) is 48.3 Å². The van der Waals surface area contributed by atoms with E-state index in [4.69, 9.17) is 5.73 Å². The number of hydrogen-bond acceptors (Lipinski definition) is 6. The van der Waals surface area contributed by atoms with E-state index in [0.717, 1.165) is 42.1 Å². The van der Waals surface area contributed by atoms with Gasteiger partial charge in [0.05, 0.1) is 12.1 Å². The normalized spacial score (nSPS) is 11.2. The third kappa shape index (κ3) is 7.90. The molecule has 1 atom stereocenters. The number of aldehydes is 1. The molecule has 0 saturated heterocycles. The van der Waals surface area contributed by atoms with Crippen LogP contribution in [0.4, 0.5) is 14.6 Å². The third-order valence-corrected chi connectivity index (χ3v) is 4.55. The number of para-hydroxylation sites is 1. The van der Waals surface area contributed by atoms with E-state index in [2.05, 4.69) is 20.2 Å². The number of halogens is 2. The summed E-state index contributed by atoms with van der Waals surface area (Å²) < 4.78 is 25.1. The average Bonchev–Trinajstić information content (AvgIpc) is 2.73. The molecule has 1 unspecified atom stereocenters. The van der Waals surface area contributed by atoms with Crippen LogP contribution >= 0.6 is 9.24 Å². The zero-order chi connectivity index (χ0) is 22.9. The van der Waals surface area contributed by atoms with Crippen molar-refractivity contribution in [3.05, 3.63) is 65.5 Å². The van der Waals surface area contributed by atoms with Crippen molar-refractivity contribution in [1.29, 1.82) is 0 Å². The molecule has 0 aliphatic carbocycles. The highest BCUT2D eigenvalue weighted by atomic mass is 31.0. The minimum atomic E-state index is -2.92. The van der Waals surface area contributed by atoms with Crippen molar-refractivity contribution in [3.8, 4) is 0 Å². The lowest BCUT2D eigenvalue weighted by molar-refractivity contribution is 0.103. The molecule has 31 heavy (non-hydrogen) atoms. The Kier molecular flexibility index (Phi) is 9.37. The van der Waals surface area contributed by atoms with E-state index in [9.17, 15) is 13.6 Å². The number of aromatic nitrogens is 2. The molecule has 3 N–H and O–H groups in total. The van der Waals surface area contributed by atoms with Gasteiger partial charge in [0, 0.05) is 23.1 Å². The van der Waals surface area contributed by atoms with Crippen LogP contribution in [-0.2, 0) is 12.2 Å². The smallest absolute Gasteiger partial charge is 0.283 e. The standard InChI is InChI=1S/C14H21N5.C8H7F2OP/c1-19(2)10-13-17-12-7-4-3-6-11(12)14(18-13)16-9-5-8-15;9-8(10,12)7-3-1-6(5-11)2-4-7/h3-4,6-7H,5,8-10,15H2,1-2H3,(H,16,17,18);1-5H,12H2. The maximum absolute atomic E-state index is 12.6. The highest BCUT2D eigenvalue weighted by Gasteiger charge is 2.23. The number of fused-ring (bicyclic) bond motifs is 1. The predicted molar refractivity (Wildman–Crippen MR) is 125 cm³/mol. The summed E-state index contributed by atoms with van der Waals surface area (Å²) in [6.45, 7) is 2.25. The molecule has 0 saturated carbocycles. The van der Waals surface area contributed by atoms with Crippen molar-refractivity contribution in [2.75, 3.05) is 32.5 Å². The van der Waals surface area contributed by atoms with Crippen LogP contribution in [0.5, 0.6) is 0 Å². The number of nitrogens with zero attached hydrogens (tertiary/aromatic N) is 3. The fraction of sp³-hybridized carbons (Fsp3) is 0.318. The zero-order valence-electron chi connectivity index (χ0n) is 17.7. The molecule has 3 aromatic rings. The lowest BCUT2D eigenvalue weighted by atomic mass is 10.1. The first-order valence-corrected chi connectivity index (χ1v) is 10.4. The van der Waals surface area contributed by atoms with Gasteiger partial charge in [-0.25, -0.2) is 9.97 Å². The summed E-state index contributed by atoms with van der Waals surface area (Å²) >= 11 is 0. The monoisotopic (exact) mass is 447 g/mol. The molecule has 166 valence electrons. The SMILES string of the molecule is CN(C)Cc1nc(NCCCN)c2ccccc2n1.O=Cc1ccc(C(F)(F)P)cc1. The number of carbonyl (C=O) groups excluding carboxylic acids is 1. The number of anilines is 1. The topological polar surface area (TPSA) is 84.1 Å². The van der Waals surface area contributed by atoms with E-state index in [0.29, 0.717) is 18.4 Å². The Hall–Kier alpha value is -2.54. The number of hydrogen-bond donors (Lipinski definition) is 2. The van der Waals surface area contributed by atoms with Gasteiger partial charge < -0.3 is 16.0 Å². The fourth-order valence-electron chi connectivity index (χ4n) is 2.71. The summed E-state index contributed by atoms with van der Waals surface area (Å²) in [4.78, 5) is 21.4. The number of nitrogens with one attached hydrogen (secondary N) is 1. The predicted octanol–water partition coefficient (Wildman–Crippen LogP) is 3.88. The van der Waals surface area contributed by atoms with E-state index < -0.39 is 5.66 Å². The highest BCUT2D eigenvalue weighted by molar-refractivity contribution is 7.17. The van der Waals surface area contributed by atoms with Crippen molar-refractivity contribution in [3.63, 3.8) is 0 Å². The van der Waals surface area contributed by atoms with Gasteiger partial charge in [-0.2, -0.15) is 8.78 Å². The van der Waals surface area contributed by atoms with Crippen LogP contribution in [0.25, 0.3) is 10.9 Å². The molecule has 0 radical (unpaired) electrons. The molecule has 0 bridgehead atoms. The maximum atomic E-state index is 12.6. The second-order valence-corrected chi connectivity index (χ2v) is 7.90. The number of carbonyl (C=O) groups is 1. The maximum Gasteiger partial charge on any atom is 0.283 e. The summed E-state index contributed by atoms with van der Waals surface area (Å²) in [5, 5.41) is 4.41. The van der Waals surface area contributed by atoms with Crippen LogP contribution in [0.15, 0.2) is 48.5 Å². The number of benzene rings is 2. The number of rotatable bonds is 8. The molecule has 2 aromatic carbocycles. The van der Waals surface area contributed by atoms with Crippen LogP contribution in [0, 0.1) is 0 Å². The van der Waals surface area contributed by atoms with Gasteiger partial charge in [0.25, 0.3) is 5.66 Å². The molecular weight excluding hydrogens is 419 g/mol. The fourth-order valence-corrected chi connectivity index (χ4v) is 2.90. The van der Waals surface area contributed by atoms with E-state index >= 15 is 0 Å². The molecule has 6 nitrogen and oxygen atoms in total. The molecule has 0 fully saturated rings. The van der Waals surface area contributed by atoms with Crippen molar-refractivity contribution in [2.24, 2.45) is 5.73 Å². The summed E-state index contributed by atoms with van der Waals surface area (Å²) in [7, 11) is 5.47. The molecule has 1 heterocycles. The summed E-state index contributed by atoms with van der Waals surface area (Å²) in [6.07, 6.45) is 1.55. The van der Waals surface area contributed by atoms with Crippen LogP contribution < -0.4 is 11.1 Å². The average molecular weight is 447 g/mol. The molecule has 0 aliphatic rings. The number of alkyl halides is 2. The molecule has 3 rings (SSSR count). The largest absolute Gasteiger partial charge is 0.369 e. The van der Waals surface area contributed by atoms with E-state index in [-0.39, 0.29) is 5.56 Å². The van der Waals surface area contributed by atoms with Gasteiger partial charge >= 0.3 is 0 Å². The Bertz CT molecular complexity index is 978. The van der Waals surface area contributed by atoms with Gasteiger partial charge in [-0.3, -0.25) is 4.79 Å². The van der Waals surface area contributed by atoms with Crippen molar-refractivity contribution in [2.45, 2.75) is 18.6 Å². The molecule has 0 amide bonds. The second-order valence-electron chi connectivity index (χ2n) is 7.18. The molecular formula is C22H28F2N5OP. The number of nitrogens with two attached hydrogens (primary N) is 1. The van der Waals surface area contributed by atoms with E-state index in [1.165, 1.54) is 33.5 Å². The van der Waals surface area contributed by atoms with E-state index in [1.807, 2.05) is 38.4 Å². The van der Waals surface area contributed by atoms with Crippen LogP contribution in [0.2, 0.25) is 0 Å². The Morgan fingerprint density at radius 3 is 2.39 bits per heavy atom. The van der Waals surface area contributed by atoms with Crippen molar-refractivity contribution < 1.29 is 13.6 Å². The summed E-state index contributed by atoms with van der Waals surface area (Å²) in [5.74, 6) is 1.73. The molecule has 9 heteroatoms.